The summed E-state index contributed by atoms with van der Waals surface area (Å²) in [5.41, 5.74) is 1.65. The van der Waals surface area contributed by atoms with E-state index in [0.29, 0.717) is 11.1 Å². The highest BCUT2D eigenvalue weighted by Crippen LogP contribution is 2.28. The summed E-state index contributed by atoms with van der Waals surface area (Å²) < 4.78 is 43.1. The molecule has 4 aromatic rings. The maximum atomic E-state index is 13.3. The van der Waals surface area contributed by atoms with Crippen molar-refractivity contribution in [2.24, 2.45) is 0 Å². The Morgan fingerprint density at radius 3 is 2.69 bits per heavy atom. The van der Waals surface area contributed by atoms with Gasteiger partial charge in [0.15, 0.2) is 15.4 Å². The summed E-state index contributed by atoms with van der Waals surface area (Å²) in [7, 11) is -3.35. The van der Waals surface area contributed by atoms with E-state index in [1.165, 1.54) is 35.6 Å². The van der Waals surface area contributed by atoms with Crippen LogP contribution in [0, 0.1) is 5.82 Å². The van der Waals surface area contributed by atoms with Crippen LogP contribution in [-0.4, -0.2) is 30.8 Å². The Morgan fingerprint density at radius 1 is 1.22 bits per heavy atom. The number of oxazole rings is 1. The van der Waals surface area contributed by atoms with Gasteiger partial charge in [0.2, 0.25) is 5.91 Å². The van der Waals surface area contributed by atoms with Crippen molar-refractivity contribution in [3.8, 4) is 0 Å². The number of nitrogens with one attached hydrogen (secondary N) is 1. The Bertz CT molecular complexity index is 1330. The van der Waals surface area contributed by atoms with Crippen molar-refractivity contribution >= 4 is 49.9 Å². The summed E-state index contributed by atoms with van der Waals surface area (Å²) in [4.78, 5) is 18.1. The third-order valence-corrected chi connectivity index (χ3v) is 8.24. The van der Waals surface area contributed by atoms with Crippen molar-refractivity contribution in [2.75, 3.05) is 11.5 Å². The molecule has 1 N–H and O–H groups in total. The van der Waals surface area contributed by atoms with Crippen LogP contribution in [-0.2, 0) is 14.6 Å². The molecule has 1 unspecified atom stereocenters. The number of rotatable bonds is 8. The number of amides is 1. The monoisotopic (exact) mass is 490 g/mol. The van der Waals surface area contributed by atoms with Gasteiger partial charge in [0.25, 0.3) is 5.22 Å². The fourth-order valence-electron chi connectivity index (χ4n) is 3.07. The zero-order valence-corrected chi connectivity index (χ0v) is 19.4. The van der Waals surface area contributed by atoms with Gasteiger partial charge in [-0.25, -0.2) is 17.8 Å². The first kappa shape index (κ1) is 22.5. The minimum Gasteiger partial charge on any atom is -0.431 e. The second-order valence-corrected chi connectivity index (χ2v) is 11.1. The van der Waals surface area contributed by atoms with Crippen LogP contribution in [0.2, 0.25) is 0 Å². The number of hydrogen-bond acceptors (Lipinski definition) is 7. The van der Waals surface area contributed by atoms with Crippen LogP contribution in [0.15, 0.2) is 74.5 Å². The highest BCUT2D eigenvalue weighted by molar-refractivity contribution is 7.99. The van der Waals surface area contributed by atoms with Crippen molar-refractivity contribution in [1.82, 2.24) is 10.3 Å². The summed E-state index contributed by atoms with van der Waals surface area (Å²) in [6.07, 6.45) is 0. The lowest BCUT2D eigenvalue weighted by molar-refractivity contribution is -0.119. The number of sulfone groups is 1. The summed E-state index contributed by atoms with van der Waals surface area (Å²) in [5, 5.41) is 5.16. The topological polar surface area (TPSA) is 89.3 Å². The normalized spacial score (nSPS) is 12.7. The minimum absolute atomic E-state index is 0.00238. The molecule has 0 radical (unpaired) electrons. The number of halogens is 1. The van der Waals surface area contributed by atoms with Crippen LogP contribution in [0.25, 0.3) is 11.1 Å². The number of thiophene rings is 1. The molecule has 0 spiro atoms. The Kier molecular flexibility index (Phi) is 6.63. The molecule has 2 aromatic carbocycles. The molecule has 0 aliphatic rings. The molecule has 1 atom stereocenters. The summed E-state index contributed by atoms with van der Waals surface area (Å²) in [6, 6.07) is 14.0. The van der Waals surface area contributed by atoms with Gasteiger partial charge in [-0.1, -0.05) is 36.9 Å². The van der Waals surface area contributed by atoms with E-state index < -0.39 is 15.9 Å². The lowest BCUT2D eigenvalue weighted by Crippen LogP contribution is -2.30. The molecule has 2 aromatic heterocycles. The van der Waals surface area contributed by atoms with E-state index in [1.54, 1.807) is 25.1 Å². The van der Waals surface area contributed by atoms with E-state index in [4.69, 9.17) is 4.42 Å². The van der Waals surface area contributed by atoms with Gasteiger partial charge in [-0.15, -0.1) is 11.3 Å². The molecule has 0 aliphatic carbocycles. The number of carbonyl (C=O) groups is 1. The Labute approximate surface area is 192 Å². The molecule has 0 saturated carbocycles. The second-order valence-electron chi connectivity index (χ2n) is 6.87. The van der Waals surface area contributed by atoms with Crippen LogP contribution >= 0.6 is 23.1 Å². The number of nitrogens with zero attached hydrogens (tertiary/aromatic N) is 1. The largest absolute Gasteiger partial charge is 0.431 e. The van der Waals surface area contributed by atoms with E-state index in [9.17, 15) is 17.6 Å². The summed E-state index contributed by atoms with van der Waals surface area (Å²) in [5.74, 6) is -0.534. The quantitative estimate of drug-likeness (QED) is 0.356. The smallest absolute Gasteiger partial charge is 0.257 e. The third kappa shape index (κ3) is 5.03. The average molecular weight is 491 g/mol. The number of aromatic nitrogens is 1. The van der Waals surface area contributed by atoms with Gasteiger partial charge < -0.3 is 9.73 Å². The fraction of sp³-hybridized carbons (Fsp3) is 0.182. The predicted molar refractivity (Wildman–Crippen MR) is 123 cm³/mol. The van der Waals surface area contributed by atoms with Crippen molar-refractivity contribution in [1.29, 1.82) is 0 Å². The molecule has 6 nitrogen and oxygen atoms in total. The Morgan fingerprint density at radius 2 is 2.00 bits per heavy atom. The first-order chi connectivity index (χ1) is 15.4. The van der Waals surface area contributed by atoms with Gasteiger partial charge in [-0.05, 0) is 47.3 Å². The van der Waals surface area contributed by atoms with Gasteiger partial charge in [0.1, 0.15) is 11.3 Å². The molecule has 1 amide bonds. The van der Waals surface area contributed by atoms with Crippen LogP contribution in [0.1, 0.15) is 23.4 Å². The SMILES string of the molecule is CCS(=O)(=O)c1ccc2oc(SCC(=O)NC(c3ccc(F)cc3)c3cccs3)nc2c1. The van der Waals surface area contributed by atoms with Crippen molar-refractivity contribution < 1.29 is 22.0 Å². The van der Waals surface area contributed by atoms with E-state index in [2.05, 4.69) is 10.3 Å². The number of carbonyl (C=O) groups excluding carboxylic acids is 1. The molecule has 0 bridgehead atoms. The van der Waals surface area contributed by atoms with E-state index in [-0.39, 0.29) is 33.3 Å². The second kappa shape index (κ2) is 9.43. The van der Waals surface area contributed by atoms with Crippen LogP contribution in [0.4, 0.5) is 4.39 Å². The zero-order chi connectivity index (χ0) is 22.7. The molecule has 4 rings (SSSR count). The molecular formula is C22H19FN2O4S3. The molecular weight excluding hydrogens is 471 g/mol. The summed E-state index contributed by atoms with van der Waals surface area (Å²) >= 11 is 2.61. The van der Waals surface area contributed by atoms with E-state index in [0.717, 1.165) is 22.2 Å². The standard InChI is InChI=1S/C22H19FN2O4S3/c1-2-32(27,28)16-9-10-18-17(12-16)24-22(29-18)31-13-20(26)25-21(19-4-3-11-30-19)14-5-7-15(23)8-6-14/h3-12,21H,2,13H2,1H3,(H,25,26). The molecule has 2 heterocycles. The van der Waals surface area contributed by atoms with E-state index in [1.807, 2.05) is 17.5 Å². The lowest BCUT2D eigenvalue weighted by atomic mass is 10.1. The number of hydrogen-bond donors (Lipinski definition) is 1. The average Bonchev–Trinajstić information content (AvgIpc) is 3.46. The maximum absolute atomic E-state index is 13.3. The summed E-state index contributed by atoms with van der Waals surface area (Å²) in [6.45, 7) is 1.58. The molecule has 0 saturated heterocycles. The predicted octanol–water partition coefficient (Wildman–Crippen LogP) is 4.82. The van der Waals surface area contributed by atoms with E-state index >= 15 is 0 Å². The lowest BCUT2D eigenvalue weighted by Gasteiger charge is -2.18. The first-order valence-electron chi connectivity index (χ1n) is 9.70. The van der Waals surface area contributed by atoms with Gasteiger partial charge >= 0.3 is 0 Å². The third-order valence-electron chi connectivity index (χ3n) is 4.74. The fourth-order valence-corrected chi connectivity index (χ4v) is 5.42. The molecule has 32 heavy (non-hydrogen) atoms. The number of benzene rings is 2. The highest BCUT2D eigenvalue weighted by Gasteiger charge is 2.19. The van der Waals surface area contributed by atoms with Gasteiger partial charge in [0.05, 0.1) is 22.4 Å². The first-order valence-corrected chi connectivity index (χ1v) is 13.2. The molecule has 0 fully saturated rings. The molecule has 0 aliphatic heterocycles. The molecule has 166 valence electrons. The minimum atomic E-state index is -3.35. The van der Waals surface area contributed by atoms with Gasteiger partial charge in [-0.3, -0.25) is 4.79 Å². The zero-order valence-electron chi connectivity index (χ0n) is 16.9. The maximum Gasteiger partial charge on any atom is 0.257 e. The Balaban J connectivity index is 1.46. The van der Waals surface area contributed by atoms with Crippen LogP contribution in [0.3, 0.4) is 0 Å². The highest BCUT2D eigenvalue weighted by atomic mass is 32.2. The number of thioether (sulfide) groups is 1. The van der Waals surface area contributed by atoms with Gasteiger partial charge in [0, 0.05) is 4.88 Å². The number of fused-ring (bicyclic) bond motifs is 1. The van der Waals surface area contributed by atoms with Gasteiger partial charge in [-0.2, -0.15) is 0 Å². The molecule has 10 heteroatoms. The van der Waals surface area contributed by atoms with Crippen LogP contribution < -0.4 is 5.32 Å². The Hall–Kier alpha value is -2.69. The van der Waals surface area contributed by atoms with Crippen molar-refractivity contribution in [3.05, 3.63) is 76.2 Å². The van der Waals surface area contributed by atoms with Crippen LogP contribution in [0.5, 0.6) is 0 Å². The van der Waals surface area contributed by atoms with Crippen molar-refractivity contribution in [2.45, 2.75) is 23.1 Å². The van der Waals surface area contributed by atoms with Crippen molar-refractivity contribution in [3.63, 3.8) is 0 Å².